The van der Waals surface area contributed by atoms with Crippen LogP contribution in [0.15, 0.2) is 0 Å². The van der Waals surface area contributed by atoms with Crippen molar-refractivity contribution in [3.05, 3.63) is 0 Å². The number of ketones is 1. The highest BCUT2D eigenvalue weighted by molar-refractivity contribution is 6.08. The predicted molar refractivity (Wildman–Crippen MR) is 48.2 cm³/mol. The Labute approximate surface area is 73.5 Å². The van der Waals surface area contributed by atoms with Crippen molar-refractivity contribution in [2.24, 2.45) is 5.92 Å². The Hall–Kier alpha value is -1.21. The van der Waals surface area contributed by atoms with Crippen LogP contribution in [0.2, 0.25) is 0 Å². The van der Waals surface area contributed by atoms with E-state index in [1.807, 2.05) is 0 Å². The molecule has 12 heavy (non-hydrogen) atoms. The second kappa shape index (κ2) is 4.62. The van der Waals surface area contributed by atoms with E-state index in [4.69, 9.17) is 0 Å². The summed E-state index contributed by atoms with van der Waals surface area (Å²) in [5.74, 6) is 10.7. The van der Waals surface area contributed by atoms with Crippen LogP contribution in [0.3, 0.4) is 0 Å². The topological polar surface area (TPSA) is 17.1 Å². The van der Waals surface area contributed by atoms with Gasteiger partial charge in [0.05, 0.1) is 0 Å². The third kappa shape index (κ3) is 2.81. The van der Waals surface area contributed by atoms with E-state index in [0.717, 1.165) is 12.8 Å². The van der Waals surface area contributed by atoms with Crippen molar-refractivity contribution in [2.45, 2.75) is 32.6 Å². The fourth-order valence-electron chi connectivity index (χ4n) is 1.38. The van der Waals surface area contributed by atoms with Gasteiger partial charge in [-0.1, -0.05) is 24.7 Å². The Kier molecular flexibility index (Phi) is 3.42. The normalized spacial score (nSPS) is 15.8. The van der Waals surface area contributed by atoms with Crippen molar-refractivity contribution in [3.63, 3.8) is 0 Å². The van der Waals surface area contributed by atoms with Gasteiger partial charge in [-0.15, -0.1) is 0 Å². The quantitative estimate of drug-likeness (QED) is 0.390. The molecule has 0 amide bonds. The van der Waals surface area contributed by atoms with Crippen LogP contribution in [0.5, 0.6) is 0 Å². The molecule has 1 aliphatic rings. The SMILES string of the molecule is CC#CC(=O)C#CC1CCCC1. The van der Waals surface area contributed by atoms with Crippen molar-refractivity contribution in [1.29, 1.82) is 0 Å². The molecular formula is C11H12O. The standard InChI is InChI=1S/C11H12O/c1-2-5-11(12)9-8-10-6-3-4-7-10/h10H,3-4,6-7H2,1H3. The lowest BCUT2D eigenvalue weighted by Gasteiger charge is -1.93. The summed E-state index contributed by atoms with van der Waals surface area (Å²) in [6.45, 7) is 1.65. The number of hydrogen-bond donors (Lipinski definition) is 0. The molecule has 0 radical (unpaired) electrons. The lowest BCUT2D eigenvalue weighted by atomic mass is 10.1. The van der Waals surface area contributed by atoms with E-state index in [2.05, 4.69) is 23.7 Å². The van der Waals surface area contributed by atoms with E-state index in [1.54, 1.807) is 6.92 Å². The van der Waals surface area contributed by atoms with E-state index < -0.39 is 0 Å². The Morgan fingerprint density at radius 1 is 1.25 bits per heavy atom. The summed E-state index contributed by atoms with van der Waals surface area (Å²) in [6, 6.07) is 0. The minimum absolute atomic E-state index is 0.246. The van der Waals surface area contributed by atoms with Crippen molar-refractivity contribution < 1.29 is 4.79 Å². The van der Waals surface area contributed by atoms with Gasteiger partial charge in [0.15, 0.2) is 0 Å². The van der Waals surface area contributed by atoms with E-state index in [9.17, 15) is 4.79 Å². The van der Waals surface area contributed by atoms with E-state index in [1.165, 1.54) is 12.8 Å². The van der Waals surface area contributed by atoms with Gasteiger partial charge in [0, 0.05) is 5.92 Å². The largest absolute Gasteiger partial charge is 0.279 e. The first-order valence-corrected chi connectivity index (χ1v) is 4.31. The fourth-order valence-corrected chi connectivity index (χ4v) is 1.38. The zero-order chi connectivity index (χ0) is 8.81. The summed E-state index contributed by atoms with van der Waals surface area (Å²) in [7, 11) is 0. The summed E-state index contributed by atoms with van der Waals surface area (Å²) in [5.41, 5.74) is 0. The molecule has 1 rings (SSSR count). The first-order valence-electron chi connectivity index (χ1n) is 4.31. The zero-order valence-electron chi connectivity index (χ0n) is 7.31. The minimum atomic E-state index is -0.246. The van der Waals surface area contributed by atoms with Gasteiger partial charge in [0.25, 0.3) is 5.78 Å². The van der Waals surface area contributed by atoms with Crippen LogP contribution in [0.25, 0.3) is 0 Å². The van der Waals surface area contributed by atoms with E-state index >= 15 is 0 Å². The molecule has 0 aliphatic heterocycles. The average molecular weight is 160 g/mol. The summed E-state index contributed by atoms with van der Waals surface area (Å²) in [4.78, 5) is 10.9. The molecule has 0 bridgehead atoms. The molecule has 1 fully saturated rings. The average Bonchev–Trinajstić information content (AvgIpc) is 2.53. The Morgan fingerprint density at radius 2 is 1.92 bits per heavy atom. The molecule has 1 saturated carbocycles. The van der Waals surface area contributed by atoms with Gasteiger partial charge in [-0.2, -0.15) is 0 Å². The van der Waals surface area contributed by atoms with Gasteiger partial charge in [0.1, 0.15) is 0 Å². The monoisotopic (exact) mass is 160 g/mol. The molecule has 1 heteroatoms. The van der Waals surface area contributed by atoms with Crippen molar-refractivity contribution in [1.82, 2.24) is 0 Å². The lowest BCUT2D eigenvalue weighted by molar-refractivity contribution is -0.108. The molecule has 0 spiro atoms. The second-order valence-corrected chi connectivity index (χ2v) is 2.95. The molecule has 0 aromatic heterocycles. The molecule has 1 nitrogen and oxygen atoms in total. The van der Waals surface area contributed by atoms with Crippen molar-refractivity contribution in [2.75, 3.05) is 0 Å². The van der Waals surface area contributed by atoms with Gasteiger partial charge in [0.2, 0.25) is 0 Å². The van der Waals surface area contributed by atoms with Gasteiger partial charge in [-0.05, 0) is 31.6 Å². The van der Waals surface area contributed by atoms with Crippen LogP contribution in [0.1, 0.15) is 32.6 Å². The molecule has 0 heterocycles. The first kappa shape index (κ1) is 8.88. The molecule has 0 aromatic rings. The van der Waals surface area contributed by atoms with Gasteiger partial charge < -0.3 is 0 Å². The summed E-state index contributed by atoms with van der Waals surface area (Å²) in [6.07, 6.45) is 4.82. The third-order valence-corrected chi connectivity index (χ3v) is 1.98. The molecular weight excluding hydrogens is 148 g/mol. The number of carbonyl (C=O) groups is 1. The second-order valence-electron chi connectivity index (χ2n) is 2.95. The van der Waals surface area contributed by atoms with Crippen LogP contribution >= 0.6 is 0 Å². The highest BCUT2D eigenvalue weighted by Crippen LogP contribution is 2.23. The maximum absolute atomic E-state index is 10.9. The van der Waals surface area contributed by atoms with Gasteiger partial charge in [-0.3, -0.25) is 4.79 Å². The van der Waals surface area contributed by atoms with Crippen molar-refractivity contribution >= 4 is 5.78 Å². The Bertz CT molecular complexity index is 274. The van der Waals surface area contributed by atoms with Crippen LogP contribution in [-0.4, -0.2) is 5.78 Å². The van der Waals surface area contributed by atoms with Crippen LogP contribution in [0, 0.1) is 29.6 Å². The minimum Gasteiger partial charge on any atom is -0.270 e. The molecule has 1 aliphatic carbocycles. The van der Waals surface area contributed by atoms with Gasteiger partial charge in [-0.25, -0.2) is 0 Å². The Balaban J connectivity index is 2.44. The van der Waals surface area contributed by atoms with Crippen LogP contribution in [-0.2, 0) is 4.79 Å². The number of Topliss-reactive ketones (excluding diaryl/α,β-unsaturated/α-hetero) is 1. The lowest BCUT2D eigenvalue weighted by Crippen LogP contribution is -1.91. The molecule has 0 aromatic carbocycles. The Morgan fingerprint density at radius 3 is 2.50 bits per heavy atom. The number of hydrogen-bond acceptors (Lipinski definition) is 1. The summed E-state index contributed by atoms with van der Waals surface area (Å²) < 4.78 is 0. The summed E-state index contributed by atoms with van der Waals surface area (Å²) >= 11 is 0. The highest BCUT2D eigenvalue weighted by Gasteiger charge is 2.11. The zero-order valence-corrected chi connectivity index (χ0v) is 7.31. The van der Waals surface area contributed by atoms with E-state index in [-0.39, 0.29) is 5.78 Å². The maximum Gasteiger partial charge on any atom is 0.279 e. The van der Waals surface area contributed by atoms with Crippen LogP contribution < -0.4 is 0 Å². The molecule has 62 valence electrons. The predicted octanol–water partition coefficient (Wildman–Crippen LogP) is 1.77. The molecule has 0 N–H and O–H groups in total. The van der Waals surface area contributed by atoms with Gasteiger partial charge >= 0.3 is 0 Å². The maximum atomic E-state index is 10.9. The fraction of sp³-hybridized carbons (Fsp3) is 0.545. The smallest absolute Gasteiger partial charge is 0.270 e. The van der Waals surface area contributed by atoms with Crippen molar-refractivity contribution in [3.8, 4) is 23.7 Å². The molecule has 0 saturated heterocycles. The van der Waals surface area contributed by atoms with E-state index in [0.29, 0.717) is 5.92 Å². The molecule has 0 unspecified atom stereocenters. The van der Waals surface area contributed by atoms with Crippen LogP contribution in [0.4, 0.5) is 0 Å². The highest BCUT2D eigenvalue weighted by atomic mass is 16.1. The summed E-state index contributed by atoms with van der Waals surface area (Å²) in [5, 5.41) is 0. The molecule has 0 atom stereocenters. The first-order chi connectivity index (χ1) is 5.83. The number of carbonyl (C=O) groups excluding carboxylic acids is 1. The number of rotatable bonds is 0. The third-order valence-electron chi connectivity index (χ3n) is 1.98.